The second kappa shape index (κ2) is 15.6. The summed E-state index contributed by atoms with van der Waals surface area (Å²) in [6.45, 7) is 3.05. The van der Waals surface area contributed by atoms with Gasteiger partial charge < -0.3 is 24.1 Å². The van der Waals surface area contributed by atoms with Crippen LogP contribution in [0.15, 0.2) is 85.2 Å². The molecule has 10 nitrogen and oxygen atoms in total. The summed E-state index contributed by atoms with van der Waals surface area (Å²) in [5.74, 6) is -1.91. The first-order valence-corrected chi connectivity index (χ1v) is 17.3. The van der Waals surface area contributed by atoms with Gasteiger partial charge in [0.15, 0.2) is 11.5 Å². The third-order valence-corrected chi connectivity index (χ3v) is 10.5. The van der Waals surface area contributed by atoms with Gasteiger partial charge in [-0.05, 0) is 79.2 Å². The van der Waals surface area contributed by atoms with Gasteiger partial charge in [0.1, 0.15) is 16.1 Å². The molecule has 262 valence electrons. The summed E-state index contributed by atoms with van der Waals surface area (Å²) in [7, 11) is 3.02. The highest BCUT2D eigenvalue weighted by Crippen LogP contribution is 2.41. The minimum atomic E-state index is -1.30. The quantitative estimate of drug-likeness (QED) is 0.148. The number of para-hydroxylation sites is 1. The number of carboxylic acid groups (broad SMARTS) is 1. The van der Waals surface area contributed by atoms with Crippen molar-refractivity contribution in [3.05, 3.63) is 117 Å². The monoisotopic (exact) mass is 719 g/mol. The van der Waals surface area contributed by atoms with Gasteiger partial charge in [-0.1, -0.05) is 71.7 Å². The van der Waals surface area contributed by atoms with Gasteiger partial charge in [0, 0.05) is 40.3 Å². The van der Waals surface area contributed by atoms with Crippen LogP contribution in [0.4, 0.5) is 10.5 Å². The summed E-state index contributed by atoms with van der Waals surface area (Å²) >= 11 is 13.0. The smallest absolute Gasteiger partial charge is 0.414 e. The van der Waals surface area contributed by atoms with Crippen LogP contribution in [-0.2, 0) is 22.5 Å². The van der Waals surface area contributed by atoms with Gasteiger partial charge >= 0.3 is 6.09 Å². The number of nitrogens with zero attached hydrogens (tertiary/aromatic N) is 3. The summed E-state index contributed by atoms with van der Waals surface area (Å²) in [4.78, 5) is 30.7. The highest BCUT2D eigenvalue weighted by atomic mass is 35.5. The second-order valence-corrected chi connectivity index (χ2v) is 13.6. The van der Waals surface area contributed by atoms with E-state index in [4.69, 9.17) is 37.4 Å². The molecule has 1 amide bonds. The predicted molar refractivity (Wildman–Crippen MR) is 186 cm³/mol. The zero-order chi connectivity index (χ0) is 35.4. The van der Waals surface area contributed by atoms with Crippen LogP contribution in [0.5, 0.6) is 11.5 Å². The van der Waals surface area contributed by atoms with E-state index in [2.05, 4.69) is 4.90 Å². The van der Waals surface area contributed by atoms with E-state index >= 15 is 0 Å². The SMILES string of the molecule is COc1ccc([C@@H](Cc2c(Cl)c[n+](O)cc2Cl)C(C(=O)[O-])c2ccc(CN(C(=O)O[C@H]3CN4CCC3CC4)c3ccccc3)cc2)cc1OC. The van der Waals surface area contributed by atoms with Crippen molar-refractivity contribution >= 4 is 41.0 Å². The number of benzene rings is 3. The number of fused-ring (bicyclic) bond motifs is 3. The van der Waals surface area contributed by atoms with Crippen LogP contribution >= 0.6 is 23.2 Å². The predicted octanol–water partition coefficient (Wildman–Crippen LogP) is 5.63. The van der Waals surface area contributed by atoms with Gasteiger partial charge in [0.25, 0.3) is 0 Å². The molecule has 0 spiro atoms. The largest absolute Gasteiger partial charge is 0.549 e. The number of hydrogen-bond donors (Lipinski definition) is 1. The van der Waals surface area contributed by atoms with Crippen molar-refractivity contribution in [2.75, 3.05) is 38.8 Å². The normalized spacial score (nSPS) is 19.3. The molecule has 3 fully saturated rings. The lowest BCUT2D eigenvalue weighted by atomic mass is 9.77. The van der Waals surface area contributed by atoms with Crippen molar-refractivity contribution in [3.8, 4) is 11.5 Å². The first-order chi connectivity index (χ1) is 24.1. The standard InChI is InChI=1S/C38H39Cl2N3O7/c1-48-33-13-12-27(18-34(33)49-2)29(19-30-31(39)21-42(47)22-32(30)40)36(37(44)45)26-10-8-24(9-11-26)20-43(28-6-4-3-5-7-28)38(46)50-35-23-41-16-14-25(35)15-17-41/h3-13,18,21-22,25,29,35-36H,14-17,19-20,23H2,1-2H3,(H-,44,45,47)/t29-,35+,36?/m1/s1. The molecule has 7 rings (SSSR count). The molecule has 3 aliphatic heterocycles. The minimum Gasteiger partial charge on any atom is -0.549 e. The van der Waals surface area contributed by atoms with Crippen LogP contribution in [0, 0.1) is 5.92 Å². The van der Waals surface area contributed by atoms with Gasteiger partial charge in [-0.15, -0.1) is 0 Å². The van der Waals surface area contributed by atoms with Crippen LogP contribution in [0.1, 0.15) is 46.9 Å². The van der Waals surface area contributed by atoms with Crippen LogP contribution in [0.2, 0.25) is 10.0 Å². The van der Waals surface area contributed by atoms with E-state index in [1.54, 1.807) is 35.2 Å². The number of carbonyl (C=O) groups is 2. The molecular weight excluding hydrogens is 681 g/mol. The summed E-state index contributed by atoms with van der Waals surface area (Å²) in [5, 5.41) is 23.3. The average molecular weight is 721 g/mol. The molecule has 4 heterocycles. The highest BCUT2D eigenvalue weighted by molar-refractivity contribution is 6.35. The zero-order valence-electron chi connectivity index (χ0n) is 27.8. The van der Waals surface area contributed by atoms with Gasteiger partial charge in [0.2, 0.25) is 12.4 Å². The molecule has 3 aliphatic rings. The van der Waals surface area contributed by atoms with Crippen molar-refractivity contribution in [2.24, 2.45) is 5.92 Å². The number of piperidine rings is 3. The number of hydrogen-bond acceptors (Lipinski definition) is 8. The van der Waals surface area contributed by atoms with Gasteiger partial charge in [-0.2, -0.15) is 0 Å². The van der Waals surface area contributed by atoms with Gasteiger partial charge in [-0.25, -0.2) is 4.79 Å². The molecule has 0 radical (unpaired) electrons. The number of aliphatic carboxylic acids is 1. The van der Waals surface area contributed by atoms with Crippen molar-refractivity contribution in [1.82, 2.24) is 4.90 Å². The van der Waals surface area contributed by atoms with Crippen LogP contribution in [0.3, 0.4) is 0 Å². The van der Waals surface area contributed by atoms with Gasteiger partial charge in [-0.3, -0.25) is 15.0 Å². The number of methoxy groups -OCH3 is 2. The lowest BCUT2D eigenvalue weighted by Crippen LogP contribution is -2.53. The van der Waals surface area contributed by atoms with E-state index in [9.17, 15) is 19.9 Å². The number of carbonyl (C=O) groups excluding carboxylic acids is 2. The Hall–Kier alpha value is -4.51. The second-order valence-electron chi connectivity index (χ2n) is 12.8. The number of rotatable bonds is 12. The molecule has 0 saturated carbocycles. The maximum atomic E-state index is 13.7. The summed E-state index contributed by atoms with van der Waals surface area (Å²) in [6.07, 6.45) is 4.17. The third kappa shape index (κ3) is 7.78. The molecule has 2 bridgehead atoms. The first kappa shape index (κ1) is 35.3. The summed E-state index contributed by atoms with van der Waals surface area (Å²) in [5.41, 5.74) is 3.05. The average Bonchev–Trinajstić information content (AvgIpc) is 3.12. The van der Waals surface area contributed by atoms with Crippen LogP contribution in [-0.4, -0.2) is 62.1 Å². The van der Waals surface area contributed by atoms with E-state index in [1.165, 1.54) is 26.6 Å². The molecule has 12 heteroatoms. The topological polar surface area (TPSA) is 115 Å². The van der Waals surface area contributed by atoms with Crippen molar-refractivity contribution in [1.29, 1.82) is 0 Å². The Bertz CT molecular complexity index is 1790. The molecule has 50 heavy (non-hydrogen) atoms. The maximum Gasteiger partial charge on any atom is 0.414 e. The molecular formula is C38H39Cl2N3O7. The molecule has 1 unspecified atom stereocenters. The Balaban J connectivity index is 1.31. The molecule has 4 aromatic rings. The Kier molecular flexibility index (Phi) is 11.0. The third-order valence-electron chi connectivity index (χ3n) is 9.80. The maximum absolute atomic E-state index is 13.7. The first-order valence-electron chi connectivity index (χ1n) is 16.5. The van der Waals surface area contributed by atoms with Crippen molar-refractivity contribution in [2.45, 2.75) is 43.7 Å². The summed E-state index contributed by atoms with van der Waals surface area (Å²) in [6, 6.07) is 21.7. The van der Waals surface area contributed by atoms with Gasteiger partial charge in [0.05, 0.1) is 20.8 Å². The van der Waals surface area contributed by atoms with E-state index in [0.29, 0.717) is 39.8 Å². The Morgan fingerprint density at radius 3 is 2.16 bits per heavy atom. The number of pyridine rings is 1. The molecule has 0 aliphatic carbocycles. The van der Waals surface area contributed by atoms with Crippen LogP contribution in [0.25, 0.3) is 0 Å². The van der Waals surface area contributed by atoms with Crippen LogP contribution < -0.4 is 24.2 Å². The number of ether oxygens (including phenoxy) is 3. The fourth-order valence-electron chi connectivity index (χ4n) is 7.12. The fourth-order valence-corrected chi connectivity index (χ4v) is 7.72. The van der Waals surface area contributed by atoms with Crippen molar-refractivity contribution < 1.29 is 38.8 Å². The Morgan fingerprint density at radius 2 is 1.58 bits per heavy atom. The van der Waals surface area contributed by atoms with E-state index in [1.807, 2.05) is 42.5 Å². The highest BCUT2D eigenvalue weighted by Gasteiger charge is 2.37. The summed E-state index contributed by atoms with van der Waals surface area (Å²) < 4.78 is 17.8. The van der Waals surface area contributed by atoms with Crippen molar-refractivity contribution in [3.63, 3.8) is 0 Å². The van der Waals surface area contributed by atoms with E-state index in [-0.39, 0.29) is 29.1 Å². The zero-order valence-corrected chi connectivity index (χ0v) is 29.3. The number of anilines is 1. The number of aromatic nitrogens is 1. The molecule has 1 N–H and O–H groups in total. The lowest BCUT2D eigenvalue weighted by molar-refractivity contribution is -0.904. The molecule has 1 aromatic heterocycles. The number of amides is 1. The Labute approximate surface area is 301 Å². The van der Waals surface area contributed by atoms with E-state index in [0.717, 1.165) is 42.8 Å². The fraction of sp³-hybridized carbons (Fsp3) is 0.342. The van der Waals surface area contributed by atoms with E-state index < -0.39 is 23.9 Å². The Morgan fingerprint density at radius 1 is 0.940 bits per heavy atom. The minimum absolute atomic E-state index is 0.0988. The number of carboxylic acids is 1. The molecule has 3 saturated heterocycles. The molecule has 3 atom stereocenters. The number of halogens is 2. The lowest BCUT2D eigenvalue weighted by Gasteiger charge is -2.44. The molecule has 3 aromatic carbocycles.